The van der Waals surface area contributed by atoms with Crippen LogP contribution in [0.1, 0.15) is 25.5 Å². The molecule has 1 atom stereocenters. The Morgan fingerprint density at radius 1 is 1.19 bits per heavy atom. The van der Waals surface area contributed by atoms with E-state index in [1.807, 2.05) is 13.3 Å². The Balaban J connectivity index is 0.000000265. The third-order valence-electron chi connectivity index (χ3n) is 3.73. The monoisotopic (exact) mass is 387 g/mol. The molecule has 1 aromatic heterocycles. The summed E-state index contributed by atoms with van der Waals surface area (Å²) in [5.74, 6) is -6.81. The van der Waals surface area contributed by atoms with Gasteiger partial charge >= 0.3 is 23.9 Å². The average molecular weight is 387 g/mol. The summed E-state index contributed by atoms with van der Waals surface area (Å²) in [5, 5.41) is 3.47. The van der Waals surface area contributed by atoms with Crippen LogP contribution in [0.3, 0.4) is 0 Å². The number of alkyl halides is 6. The van der Waals surface area contributed by atoms with Crippen LogP contribution in [0.25, 0.3) is 0 Å². The van der Waals surface area contributed by atoms with Crippen molar-refractivity contribution in [2.24, 2.45) is 5.41 Å². The lowest BCUT2D eigenvalue weighted by Crippen LogP contribution is -2.40. The highest BCUT2D eigenvalue weighted by Gasteiger charge is 2.54. The first-order chi connectivity index (χ1) is 11.7. The van der Waals surface area contributed by atoms with Gasteiger partial charge in [0.05, 0.1) is 12.0 Å². The number of carbonyl (C=O) groups excluding carboxylic acids is 2. The molecule has 0 spiro atoms. The summed E-state index contributed by atoms with van der Waals surface area (Å²) in [6, 6.07) is 0. The van der Waals surface area contributed by atoms with Crippen molar-refractivity contribution in [3.63, 3.8) is 0 Å². The van der Waals surface area contributed by atoms with Gasteiger partial charge in [-0.3, -0.25) is 9.59 Å². The van der Waals surface area contributed by atoms with Crippen molar-refractivity contribution in [1.29, 1.82) is 0 Å². The Bertz CT molecular complexity index is 606. The van der Waals surface area contributed by atoms with Crippen LogP contribution in [0.4, 0.5) is 26.3 Å². The Morgan fingerprint density at radius 2 is 1.73 bits per heavy atom. The van der Waals surface area contributed by atoms with Gasteiger partial charge in [-0.15, -0.1) is 0 Å². The largest absolute Gasteiger partial charge is 0.458 e. The SMILES string of the molecule is Cc1cn(C[C@@]2(C)CCCNC2)cn1.O=C(C(=O)C(F)(F)F)C(F)(F)F. The maximum Gasteiger partial charge on any atom is 0.458 e. The van der Waals surface area contributed by atoms with Crippen LogP contribution in [0, 0.1) is 12.3 Å². The minimum absolute atomic E-state index is 0.408. The van der Waals surface area contributed by atoms with Crippen molar-refractivity contribution in [3.05, 3.63) is 18.2 Å². The minimum Gasteiger partial charge on any atom is -0.337 e. The molecule has 26 heavy (non-hydrogen) atoms. The molecule has 2 rings (SSSR count). The van der Waals surface area contributed by atoms with E-state index in [0.29, 0.717) is 5.41 Å². The lowest BCUT2D eigenvalue weighted by atomic mass is 9.83. The van der Waals surface area contributed by atoms with Crippen LogP contribution in [-0.2, 0) is 16.1 Å². The zero-order chi connectivity index (χ0) is 20.2. The number of aryl methyl sites for hydroxylation is 1. The van der Waals surface area contributed by atoms with Crippen LogP contribution < -0.4 is 5.32 Å². The lowest BCUT2D eigenvalue weighted by Gasteiger charge is -2.34. The normalized spacial score (nSPS) is 20.9. The smallest absolute Gasteiger partial charge is 0.337 e. The van der Waals surface area contributed by atoms with Crippen LogP contribution >= 0.6 is 0 Å². The topological polar surface area (TPSA) is 64.0 Å². The maximum absolute atomic E-state index is 11.2. The van der Waals surface area contributed by atoms with Crippen LogP contribution in [-0.4, -0.2) is 46.6 Å². The molecule has 0 saturated carbocycles. The zero-order valence-corrected chi connectivity index (χ0v) is 14.2. The van der Waals surface area contributed by atoms with Gasteiger partial charge in [-0.2, -0.15) is 26.3 Å². The fourth-order valence-electron chi connectivity index (χ4n) is 2.51. The molecule has 0 aliphatic carbocycles. The van der Waals surface area contributed by atoms with Gasteiger partial charge in [0, 0.05) is 19.3 Å². The molecule has 1 aliphatic heterocycles. The van der Waals surface area contributed by atoms with Gasteiger partial charge in [0.2, 0.25) is 0 Å². The van der Waals surface area contributed by atoms with Gasteiger partial charge in [-0.1, -0.05) is 6.92 Å². The lowest BCUT2D eigenvalue weighted by molar-refractivity contribution is -0.193. The highest BCUT2D eigenvalue weighted by Crippen LogP contribution is 2.27. The average Bonchev–Trinajstić information content (AvgIpc) is 2.89. The molecule has 5 nitrogen and oxygen atoms in total. The fraction of sp³-hybridized carbons (Fsp3) is 0.667. The van der Waals surface area contributed by atoms with Crippen LogP contribution in [0.15, 0.2) is 12.5 Å². The number of Topliss-reactive ketones (excluding diaryl/α,β-unsaturated/α-hetero) is 2. The molecule has 1 aromatic rings. The van der Waals surface area contributed by atoms with E-state index < -0.39 is 23.9 Å². The number of carbonyl (C=O) groups is 2. The molecule has 11 heteroatoms. The maximum atomic E-state index is 11.2. The predicted molar refractivity (Wildman–Crippen MR) is 79.3 cm³/mol. The Labute approximate surface area is 145 Å². The van der Waals surface area contributed by atoms with Crippen molar-refractivity contribution < 1.29 is 35.9 Å². The standard InChI is InChI=1S/C11H19N3.C4F6O2/c1-10-6-14(9-13-10)8-11(2)4-3-5-12-7-11;5-3(6,7)1(11)2(12)4(8,9)10/h6,9,12H,3-5,7-8H2,1-2H3;/t11-;/m0./s1. The molecule has 1 aliphatic rings. The summed E-state index contributed by atoms with van der Waals surface area (Å²) >= 11 is 0. The molecular weight excluding hydrogens is 368 g/mol. The quantitative estimate of drug-likeness (QED) is 0.640. The molecule has 1 saturated heterocycles. The Hall–Kier alpha value is -1.91. The first kappa shape index (κ1) is 22.1. The molecule has 148 valence electrons. The third kappa shape index (κ3) is 6.77. The minimum atomic E-state index is -5.77. The molecule has 1 N–H and O–H groups in total. The number of piperidine rings is 1. The molecule has 0 radical (unpaired) electrons. The molecule has 0 amide bonds. The summed E-state index contributed by atoms with van der Waals surface area (Å²) in [7, 11) is 0. The predicted octanol–water partition coefficient (Wildman–Crippen LogP) is 2.83. The summed E-state index contributed by atoms with van der Waals surface area (Å²) in [6.07, 6.45) is -4.87. The number of aromatic nitrogens is 2. The zero-order valence-electron chi connectivity index (χ0n) is 14.2. The van der Waals surface area contributed by atoms with E-state index >= 15 is 0 Å². The number of ketones is 2. The van der Waals surface area contributed by atoms with E-state index in [2.05, 4.69) is 28.0 Å². The second kappa shape index (κ2) is 8.19. The molecule has 2 heterocycles. The van der Waals surface area contributed by atoms with Crippen molar-refractivity contribution in [2.75, 3.05) is 13.1 Å². The number of nitrogens with one attached hydrogen (secondary N) is 1. The highest BCUT2D eigenvalue weighted by molar-refractivity contribution is 6.41. The van der Waals surface area contributed by atoms with Gasteiger partial charge < -0.3 is 9.88 Å². The number of nitrogens with zero attached hydrogens (tertiary/aromatic N) is 2. The van der Waals surface area contributed by atoms with Gasteiger partial charge in [-0.25, -0.2) is 4.98 Å². The number of hydrogen-bond donors (Lipinski definition) is 1. The summed E-state index contributed by atoms with van der Waals surface area (Å²) < 4.78 is 69.2. The number of rotatable bonds is 3. The second-order valence-electron chi connectivity index (χ2n) is 6.43. The molecule has 1 fully saturated rings. The van der Waals surface area contributed by atoms with Gasteiger partial charge in [0.1, 0.15) is 0 Å². The molecule has 0 unspecified atom stereocenters. The van der Waals surface area contributed by atoms with Gasteiger partial charge in [0.15, 0.2) is 0 Å². The van der Waals surface area contributed by atoms with E-state index in [9.17, 15) is 35.9 Å². The van der Waals surface area contributed by atoms with Crippen molar-refractivity contribution in [1.82, 2.24) is 14.9 Å². The van der Waals surface area contributed by atoms with E-state index in [1.165, 1.54) is 19.4 Å². The summed E-state index contributed by atoms with van der Waals surface area (Å²) in [4.78, 5) is 23.5. The first-order valence-electron chi connectivity index (χ1n) is 7.66. The third-order valence-corrected chi connectivity index (χ3v) is 3.73. The van der Waals surface area contributed by atoms with Crippen LogP contribution in [0.2, 0.25) is 0 Å². The Kier molecular flexibility index (Phi) is 6.97. The fourth-order valence-corrected chi connectivity index (χ4v) is 2.51. The van der Waals surface area contributed by atoms with E-state index in [4.69, 9.17) is 0 Å². The van der Waals surface area contributed by atoms with E-state index in [0.717, 1.165) is 18.8 Å². The Morgan fingerprint density at radius 3 is 2.08 bits per heavy atom. The number of imidazole rings is 1. The molecular formula is C15H19F6N3O2. The van der Waals surface area contributed by atoms with E-state index in [-0.39, 0.29) is 0 Å². The molecule has 0 aromatic carbocycles. The number of hydrogen-bond acceptors (Lipinski definition) is 4. The highest BCUT2D eigenvalue weighted by atomic mass is 19.4. The van der Waals surface area contributed by atoms with Crippen LogP contribution in [0.5, 0.6) is 0 Å². The summed E-state index contributed by atoms with van der Waals surface area (Å²) in [6.45, 7) is 7.79. The van der Waals surface area contributed by atoms with Gasteiger partial charge in [-0.05, 0) is 31.7 Å². The number of halogens is 6. The van der Waals surface area contributed by atoms with Crippen molar-refractivity contribution in [3.8, 4) is 0 Å². The van der Waals surface area contributed by atoms with E-state index in [1.54, 1.807) is 0 Å². The van der Waals surface area contributed by atoms with Crippen molar-refractivity contribution in [2.45, 2.75) is 45.6 Å². The summed E-state index contributed by atoms with van der Waals surface area (Å²) in [5.41, 5.74) is 1.52. The first-order valence-corrected chi connectivity index (χ1v) is 7.66. The van der Waals surface area contributed by atoms with Crippen molar-refractivity contribution >= 4 is 11.6 Å². The second-order valence-corrected chi connectivity index (χ2v) is 6.43. The van der Waals surface area contributed by atoms with Gasteiger partial charge in [0.25, 0.3) is 0 Å². The molecule has 0 bridgehead atoms.